The van der Waals surface area contributed by atoms with E-state index in [0.717, 1.165) is 4.47 Å². The molecule has 1 N–H and O–H groups in total. The number of rotatable bonds is 4. The third kappa shape index (κ3) is 3.75. The van der Waals surface area contributed by atoms with Crippen LogP contribution >= 0.6 is 15.9 Å². The van der Waals surface area contributed by atoms with Crippen molar-refractivity contribution in [1.82, 2.24) is 14.9 Å². The maximum absolute atomic E-state index is 11.8. The molecule has 1 amide bonds. The average Bonchev–Trinajstić information content (AvgIpc) is 2.41. The Bertz CT molecular complexity index is 622. The highest BCUT2D eigenvalue weighted by atomic mass is 79.9. The van der Waals surface area contributed by atoms with E-state index >= 15 is 0 Å². The Kier molecular flexibility index (Phi) is 4.46. The molecule has 0 radical (unpaired) electrons. The van der Waals surface area contributed by atoms with Crippen molar-refractivity contribution in [2.75, 3.05) is 6.54 Å². The van der Waals surface area contributed by atoms with Gasteiger partial charge >= 0.3 is 0 Å². The first-order chi connectivity index (χ1) is 9.16. The van der Waals surface area contributed by atoms with Crippen molar-refractivity contribution in [3.8, 4) is 0 Å². The van der Waals surface area contributed by atoms with Gasteiger partial charge < -0.3 is 5.32 Å². The van der Waals surface area contributed by atoms with E-state index in [2.05, 4.69) is 26.2 Å². The number of halogens is 1. The minimum absolute atomic E-state index is 0.132. The Morgan fingerprint density at radius 3 is 2.68 bits per heavy atom. The molecular formula is C13H12BrN3O2. The second-order valence-corrected chi connectivity index (χ2v) is 4.79. The summed E-state index contributed by atoms with van der Waals surface area (Å²) in [5.41, 5.74) is 0.453. The lowest BCUT2D eigenvalue weighted by Gasteiger charge is -2.06. The van der Waals surface area contributed by atoms with Crippen molar-refractivity contribution in [2.24, 2.45) is 0 Å². The van der Waals surface area contributed by atoms with Crippen LogP contribution < -0.4 is 10.9 Å². The standard InChI is InChI=1S/C13H12BrN3O2/c14-11-3-1-10(2-4-11)13(19)16-7-8-17-9-15-6-5-12(17)18/h1-6,9H,7-8H2,(H,16,19). The quantitative estimate of drug-likeness (QED) is 0.926. The number of nitrogens with zero attached hydrogens (tertiary/aromatic N) is 2. The molecule has 2 aromatic rings. The Morgan fingerprint density at radius 2 is 2.00 bits per heavy atom. The molecule has 0 saturated heterocycles. The van der Waals surface area contributed by atoms with Crippen molar-refractivity contribution in [3.63, 3.8) is 0 Å². The minimum Gasteiger partial charge on any atom is -0.350 e. The zero-order valence-electron chi connectivity index (χ0n) is 10.0. The van der Waals surface area contributed by atoms with Gasteiger partial charge in [0.1, 0.15) is 0 Å². The summed E-state index contributed by atoms with van der Waals surface area (Å²) in [4.78, 5) is 27.1. The van der Waals surface area contributed by atoms with Gasteiger partial charge in [-0.15, -0.1) is 0 Å². The van der Waals surface area contributed by atoms with Crippen molar-refractivity contribution in [2.45, 2.75) is 6.54 Å². The smallest absolute Gasteiger partial charge is 0.253 e. The SMILES string of the molecule is O=C(NCCn1cnccc1=O)c1ccc(Br)cc1. The van der Waals surface area contributed by atoms with E-state index in [9.17, 15) is 9.59 Å². The summed E-state index contributed by atoms with van der Waals surface area (Å²) in [7, 11) is 0. The molecule has 0 atom stereocenters. The molecular weight excluding hydrogens is 310 g/mol. The first kappa shape index (κ1) is 13.5. The third-order valence-corrected chi connectivity index (χ3v) is 3.07. The summed E-state index contributed by atoms with van der Waals surface area (Å²) < 4.78 is 2.37. The molecule has 0 saturated carbocycles. The molecule has 1 heterocycles. The molecule has 1 aromatic carbocycles. The number of hydrogen-bond acceptors (Lipinski definition) is 3. The fraction of sp³-hybridized carbons (Fsp3) is 0.154. The van der Waals surface area contributed by atoms with Crippen LogP contribution in [0, 0.1) is 0 Å². The summed E-state index contributed by atoms with van der Waals surface area (Å²) >= 11 is 3.31. The number of carbonyl (C=O) groups excluding carboxylic acids is 1. The largest absolute Gasteiger partial charge is 0.350 e. The Morgan fingerprint density at radius 1 is 1.26 bits per heavy atom. The van der Waals surface area contributed by atoms with Gasteiger partial charge in [-0.2, -0.15) is 0 Å². The zero-order chi connectivity index (χ0) is 13.7. The number of benzene rings is 1. The van der Waals surface area contributed by atoms with E-state index in [1.807, 2.05) is 0 Å². The Hall–Kier alpha value is -1.95. The highest BCUT2D eigenvalue weighted by molar-refractivity contribution is 9.10. The lowest BCUT2D eigenvalue weighted by atomic mass is 10.2. The first-order valence-corrected chi connectivity index (χ1v) is 6.50. The number of hydrogen-bond donors (Lipinski definition) is 1. The van der Waals surface area contributed by atoms with Gasteiger partial charge in [0, 0.05) is 35.4 Å². The lowest BCUT2D eigenvalue weighted by Crippen LogP contribution is -2.30. The van der Waals surface area contributed by atoms with Gasteiger partial charge in [-0.25, -0.2) is 4.98 Å². The van der Waals surface area contributed by atoms with E-state index < -0.39 is 0 Å². The van der Waals surface area contributed by atoms with Gasteiger partial charge in [0.15, 0.2) is 0 Å². The van der Waals surface area contributed by atoms with Gasteiger partial charge in [-0.05, 0) is 24.3 Å². The Balaban J connectivity index is 1.89. The lowest BCUT2D eigenvalue weighted by molar-refractivity contribution is 0.0952. The molecule has 2 rings (SSSR count). The van der Waals surface area contributed by atoms with Crippen LogP contribution in [-0.4, -0.2) is 22.0 Å². The minimum atomic E-state index is -0.163. The topological polar surface area (TPSA) is 64.0 Å². The second-order valence-electron chi connectivity index (χ2n) is 3.87. The van der Waals surface area contributed by atoms with Crippen molar-refractivity contribution < 1.29 is 4.79 Å². The number of nitrogens with one attached hydrogen (secondary N) is 1. The van der Waals surface area contributed by atoms with Crippen molar-refractivity contribution >= 4 is 21.8 Å². The second kappa shape index (κ2) is 6.29. The van der Waals surface area contributed by atoms with Gasteiger partial charge in [0.05, 0.1) is 6.33 Å². The zero-order valence-corrected chi connectivity index (χ0v) is 11.6. The van der Waals surface area contributed by atoms with Gasteiger partial charge in [-0.3, -0.25) is 14.2 Å². The molecule has 0 bridgehead atoms. The summed E-state index contributed by atoms with van der Waals surface area (Å²) in [5, 5.41) is 2.75. The van der Waals surface area contributed by atoms with Crippen LogP contribution in [0.4, 0.5) is 0 Å². The molecule has 0 unspecified atom stereocenters. The summed E-state index contributed by atoms with van der Waals surface area (Å²) in [5.74, 6) is -0.163. The van der Waals surface area contributed by atoms with Crippen LogP contribution in [0.2, 0.25) is 0 Å². The van der Waals surface area contributed by atoms with Crippen LogP contribution in [0.1, 0.15) is 10.4 Å². The molecule has 0 aliphatic carbocycles. The molecule has 0 aliphatic heterocycles. The molecule has 98 valence electrons. The summed E-state index contributed by atoms with van der Waals surface area (Å²) in [6.07, 6.45) is 2.90. The third-order valence-electron chi connectivity index (χ3n) is 2.54. The number of amides is 1. The van der Waals surface area contributed by atoms with Crippen LogP contribution in [0.15, 0.2) is 52.1 Å². The summed E-state index contributed by atoms with van der Waals surface area (Å²) in [6, 6.07) is 8.46. The number of aromatic nitrogens is 2. The molecule has 1 aromatic heterocycles. The van der Waals surface area contributed by atoms with E-state index in [4.69, 9.17) is 0 Å². The normalized spacial score (nSPS) is 10.2. The van der Waals surface area contributed by atoms with Crippen LogP contribution in [0.25, 0.3) is 0 Å². The van der Waals surface area contributed by atoms with E-state index in [-0.39, 0.29) is 11.5 Å². The van der Waals surface area contributed by atoms with Crippen molar-refractivity contribution in [1.29, 1.82) is 0 Å². The molecule has 5 nitrogen and oxygen atoms in total. The fourth-order valence-electron chi connectivity index (χ4n) is 1.54. The maximum atomic E-state index is 11.8. The molecule has 0 fully saturated rings. The molecule has 0 spiro atoms. The molecule has 0 aliphatic rings. The van der Waals surface area contributed by atoms with Gasteiger partial charge in [-0.1, -0.05) is 15.9 Å². The van der Waals surface area contributed by atoms with Crippen molar-refractivity contribution in [3.05, 3.63) is 63.2 Å². The monoisotopic (exact) mass is 321 g/mol. The van der Waals surface area contributed by atoms with Crippen LogP contribution in [0.3, 0.4) is 0 Å². The first-order valence-electron chi connectivity index (χ1n) is 5.71. The molecule has 19 heavy (non-hydrogen) atoms. The van der Waals surface area contributed by atoms with Gasteiger partial charge in [0.2, 0.25) is 0 Å². The highest BCUT2D eigenvalue weighted by Crippen LogP contribution is 2.10. The fourth-order valence-corrected chi connectivity index (χ4v) is 1.80. The van der Waals surface area contributed by atoms with Gasteiger partial charge in [0.25, 0.3) is 11.5 Å². The average molecular weight is 322 g/mol. The Labute approximate surface area is 118 Å². The summed E-state index contributed by atoms with van der Waals surface area (Å²) in [6.45, 7) is 0.773. The van der Waals surface area contributed by atoms with Crippen LogP contribution in [0.5, 0.6) is 0 Å². The van der Waals surface area contributed by atoms with E-state index in [0.29, 0.717) is 18.7 Å². The maximum Gasteiger partial charge on any atom is 0.253 e. The van der Waals surface area contributed by atoms with E-state index in [1.165, 1.54) is 23.2 Å². The number of carbonyl (C=O) groups is 1. The molecule has 6 heteroatoms. The highest BCUT2D eigenvalue weighted by Gasteiger charge is 2.04. The van der Waals surface area contributed by atoms with Crippen LogP contribution in [-0.2, 0) is 6.54 Å². The predicted octanol–water partition coefficient (Wildman–Crippen LogP) is 1.44. The van der Waals surface area contributed by atoms with E-state index in [1.54, 1.807) is 24.3 Å². The predicted molar refractivity (Wildman–Crippen MR) is 75.0 cm³/mol.